The molecule has 1 N–H and O–H groups in total. The molecule has 0 bridgehead atoms. The van der Waals surface area contributed by atoms with Gasteiger partial charge in [0.1, 0.15) is 0 Å². The maximum atomic E-state index is 8.55. The summed E-state index contributed by atoms with van der Waals surface area (Å²) in [6, 6.07) is 0. The second kappa shape index (κ2) is 8.66. The first kappa shape index (κ1) is 16.3. The number of phosphoric acid groups is 1. The Morgan fingerprint density at radius 3 is 1.33 bits per heavy atom. The zero-order chi connectivity index (χ0) is 7.21. The van der Waals surface area contributed by atoms with Crippen LogP contribution in [0.4, 0.5) is 0 Å². The molecular weight excluding hydrogens is 217 g/mol. The Labute approximate surface area is 62.4 Å². The third-order valence-corrected chi connectivity index (χ3v) is 0. The van der Waals surface area contributed by atoms with Gasteiger partial charge in [-0.2, -0.15) is 7.82 Å². The van der Waals surface area contributed by atoms with Crippen molar-refractivity contribution in [3.05, 3.63) is 0 Å². The van der Waals surface area contributed by atoms with Crippen molar-refractivity contribution in [2.24, 2.45) is 0 Å². The van der Waals surface area contributed by atoms with Gasteiger partial charge in [-0.05, 0) is 0 Å². The SMILES string of the molecule is O=P([O-])([O-])[O-].O=PO.[Ni+3]. The first-order valence-electron chi connectivity index (χ1n) is 1.11. The first-order valence-corrected chi connectivity index (χ1v) is 3.34. The molecule has 0 saturated carbocycles. The summed E-state index contributed by atoms with van der Waals surface area (Å²) >= 11 is 0. The van der Waals surface area contributed by atoms with Gasteiger partial charge >= 0.3 is 25.2 Å². The monoisotopic (exact) mass is 217 g/mol. The second-order valence-corrected chi connectivity index (χ2v) is 1.59. The molecule has 9 heteroatoms. The van der Waals surface area contributed by atoms with Gasteiger partial charge in [0.2, 0.25) is 0 Å². The van der Waals surface area contributed by atoms with E-state index in [0.29, 0.717) is 0 Å². The van der Waals surface area contributed by atoms with Gasteiger partial charge in [-0.15, -0.1) is 0 Å². The van der Waals surface area contributed by atoms with Gasteiger partial charge in [-0.25, -0.2) is 4.57 Å². The van der Waals surface area contributed by atoms with Gasteiger partial charge in [-0.3, -0.25) is 0 Å². The Balaban J connectivity index is -0.0000000800. The average Bonchev–Trinajstić information content (AvgIpc) is 1.27. The fourth-order valence-electron chi connectivity index (χ4n) is 0. The van der Waals surface area contributed by atoms with Gasteiger partial charge in [0.25, 0.3) is 0 Å². The Morgan fingerprint density at radius 2 is 1.33 bits per heavy atom. The fourth-order valence-corrected chi connectivity index (χ4v) is 0. The molecule has 1 radical (unpaired) electrons. The minimum Gasteiger partial charge on any atom is -0.822 e. The van der Waals surface area contributed by atoms with E-state index in [1.165, 1.54) is 0 Å². The fraction of sp³-hybridized carbons (Fsp3) is 0. The summed E-state index contributed by atoms with van der Waals surface area (Å²) in [6.07, 6.45) is 0. The van der Waals surface area contributed by atoms with Gasteiger partial charge in [0.15, 0.2) is 0 Å². The molecule has 9 heavy (non-hydrogen) atoms. The summed E-state index contributed by atoms with van der Waals surface area (Å²) in [6.45, 7) is 0. The van der Waals surface area contributed by atoms with E-state index < -0.39 is 16.5 Å². The van der Waals surface area contributed by atoms with E-state index in [9.17, 15) is 0 Å². The van der Waals surface area contributed by atoms with Gasteiger partial charge in [0, 0.05) is 0 Å². The van der Waals surface area contributed by atoms with Crippen molar-refractivity contribution in [3.8, 4) is 0 Å². The van der Waals surface area contributed by atoms with E-state index in [4.69, 9.17) is 28.7 Å². The van der Waals surface area contributed by atoms with Crippen LogP contribution in [0.15, 0.2) is 0 Å². The van der Waals surface area contributed by atoms with E-state index >= 15 is 0 Å². The standard InChI is InChI=1S/Ni.H3O4P.HO2P/c;1-5(2,3)4;1-3-2/h;(H3,1,2,3,4);(H,1,2)/q+3;;/p-3. The molecule has 57 valence electrons. The molecule has 0 fully saturated rings. The molecule has 0 aromatic rings. The molecule has 0 saturated heterocycles. The third-order valence-electron chi connectivity index (χ3n) is 0. The Bertz CT molecular complexity index is 85.0. The van der Waals surface area contributed by atoms with Crippen LogP contribution in [0, 0.1) is 0 Å². The average molecular weight is 218 g/mol. The molecule has 0 aromatic heterocycles. The summed E-state index contributed by atoms with van der Waals surface area (Å²) < 4.78 is 17.0. The van der Waals surface area contributed by atoms with Crippen LogP contribution in [0.1, 0.15) is 0 Å². The van der Waals surface area contributed by atoms with Crippen molar-refractivity contribution in [3.63, 3.8) is 0 Å². The van der Waals surface area contributed by atoms with E-state index in [1.807, 2.05) is 0 Å². The normalized spacial score (nSPS) is 8.89. The van der Waals surface area contributed by atoms with Crippen LogP contribution in [0.5, 0.6) is 0 Å². The van der Waals surface area contributed by atoms with Crippen LogP contribution < -0.4 is 14.7 Å². The molecule has 0 aliphatic rings. The first-order chi connectivity index (χ1) is 3.41. The molecule has 0 amide bonds. The van der Waals surface area contributed by atoms with E-state index in [0.717, 1.165) is 0 Å². The van der Waals surface area contributed by atoms with Crippen LogP contribution >= 0.6 is 16.5 Å². The van der Waals surface area contributed by atoms with Crippen molar-refractivity contribution >= 4 is 16.5 Å². The van der Waals surface area contributed by atoms with E-state index in [-0.39, 0.29) is 16.5 Å². The molecule has 0 heterocycles. The summed E-state index contributed by atoms with van der Waals surface area (Å²) in [7, 11) is -6.22. The predicted octanol–water partition coefficient (Wildman–Crippen LogP) is -2.64. The van der Waals surface area contributed by atoms with E-state index in [2.05, 4.69) is 0 Å². The molecular formula is HNiO6P2. The summed E-state index contributed by atoms with van der Waals surface area (Å²) in [4.78, 5) is 32.6. The topological polar surface area (TPSA) is 124 Å². The van der Waals surface area contributed by atoms with Crippen LogP contribution in [0.25, 0.3) is 0 Å². The summed E-state index contributed by atoms with van der Waals surface area (Å²) in [5, 5.41) is 0. The largest absolute Gasteiger partial charge is 3.00 e. The smallest absolute Gasteiger partial charge is 0.822 e. The van der Waals surface area contributed by atoms with Crippen LogP contribution in [-0.4, -0.2) is 4.89 Å². The Kier molecular flexibility index (Phi) is 15.7. The van der Waals surface area contributed by atoms with Crippen LogP contribution in [0.2, 0.25) is 0 Å². The molecule has 6 nitrogen and oxygen atoms in total. The van der Waals surface area contributed by atoms with Crippen LogP contribution in [-0.2, 0) is 25.6 Å². The maximum absolute atomic E-state index is 8.55. The number of hydrogen-bond donors (Lipinski definition) is 1. The van der Waals surface area contributed by atoms with Gasteiger partial charge < -0.3 is 24.1 Å². The Hall–Kier alpha value is 0.664. The second-order valence-electron chi connectivity index (χ2n) is 0.529. The third kappa shape index (κ3) is 874. The van der Waals surface area contributed by atoms with E-state index in [1.54, 1.807) is 0 Å². The number of hydrogen-bond acceptors (Lipinski definition) is 5. The van der Waals surface area contributed by atoms with Crippen molar-refractivity contribution < 1.29 is 45.2 Å². The molecule has 0 rings (SSSR count). The molecule has 0 aliphatic carbocycles. The van der Waals surface area contributed by atoms with Crippen molar-refractivity contribution in [1.29, 1.82) is 0 Å². The molecule has 0 atom stereocenters. The van der Waals surface area contributed by atoms with Crippen molar-refractivity contribution in [1.82, 2.24) is 0 Å². The van der Waals surface area contributed by atoms with Crippen LogP contribution in [0.3, 0.4) is 0 Å². The molecule has 0 spiro atoms. The Morgan fingerprint density at radius 1 is 1.33 bits per heavy atom. The zero-order valence-electron chi connectivity index (χ0n) is 3.70. The summed E-state index contributed by atoms with van der Waals surface area (Å²) in [5.74, 6) is 0. The quantitative estimate of drug-likeness (QED) is 0.349. The molecule has 0 unspecified atom stereocenters. The molecule has 0 aliphatic heterocycles. The minimum absolute atomic E-state index is 0. The number of rotatable bonds is 0. The zero-order valence-corrected chi connectivity index (χ0v) is 6.48. The van der Waals surface area contributed by atoms with Gasteiger partial charge in [0.05, 0.1) is 0 Å². The van der Waals surface area contributed by atoms with Gasteiger partial charge in [-0.1, -0.05) is 0 Å². The molecule has 0 aromatic carbocycles. The predicted molar refractivity (Wildman–Crippen MR) is 17.4 cm³/mol. The minimum atomic E-state index is -5.39. The maximum Gasteiger partial charge on any atom is 3.00 e. The summed E-state index contributed by atoms with van der Waals surface area (Å²) in [5.41, 5.74) is 0. The van der Waals surface area contributed by atoms with Crippen molar-refractivity contribution in [2.75, 3.05) is 0 Å². The van der Waals surface area contributed by atoms with Crippen molar-refractivity contribution in [2.45, 2.75) is 0 Å².